The number of hydrogen-bond donors (Lipinski definition) is 1. The number of thioether (sulfide) groups is 1. The topological polar surface area (TPSA) is 86.1 Å². The van der Waals surface area contributed by atoms with Gasteiger partial charge in [-0.25, -0.2) is 4.39 Å². The summed E-state index contributed by atoms with van der Waals surface area (Å²) in [5.41, 5.74) is 1.49. The number of esters is 1. The summed E-state index contributed by atoms with van der Waals surface area (Å²) in [5.74, 6) is -0.430. The predicted octanol–water partition coefficient (Wildman–Crippen LogP) is 3.87. The van der Waals surface area contributed by atoms with Gasteiger partial charge in [0.1, 0.15) is 5.82 Å². The zero-order valence-corrected chi connectivity index (χ0v) is 18.9. The molecule has 0 aliphatic rings. The molecule has 32 heavy (non-hydrogen) atoms. The molecule has 168 valence electrons. The largest absolute Gasteiger partial charge is 0.452 e. The van der Waals surface area contributed by atoms with Crippen LogP contribution in [0, 0.1) is 11.7 Å². The molecule has 0 aliphatic heterocycles. The smallest absolute Gasteiger partial charge is 0.317 e. The lowest BCUT2D eigenvalue weighted by Crippen LogP contribution is -2.37. The Hall–Kier alpha value is -3.20. The Morgan fingerprint density at radius 3 is 2.41 bits per heavy atom. The van der Waals surface area contributed by atoms with E-state index < -0.39 is 12.1 Å². The molecule has 0 saturated carbocycles. The highest BCUT2D eigenvalue weighted by Gasteiger charge is 2.21. The molecule has 9 heteroatoms. The third-order valence-corrected chi connectivity index (χ3v) is 5.33. The molecule has 3 aromatic rings. The highest BCUT2D eigenvalue weighted by atomic mass is 32.2. The van der Waals surface area contributed by atoms with Gasteiger partial charge in [0.25, 0.3) is 5.91 Å². The molecular formula is C23H25FN4O3S. The summed E-state index contributed by atoms with van der Waals surface area (Å²) in [6.07, 6.45) is -0.886. The van der Waals surface area contributed by atoms with Crippen molar-refractivity contribution in [3.05, 3.63) is 60.4 Å². The van der Waals surface area contributed by atoms with E-state index in [0.29, 0.717) is 29.0 Å². The van der Waals surface area contributed by atoms with Crippen LogP contribution in [0.1, 0.15) is 20.8 Å². The van der Waals surface area contributed by atoms with E-state index in [9.17, 15) is 14.0 Å². The second kappa shape index (κ2) is 10.9. The molecular weight excluding hydrogens is 431 g/mol. The third kappa shape index (κ3) is 6.16. The van der Waals surface area contributed by atoms with Crippen molar-refractivity contribution >= 4 is 23.6 Å². The van der Waals surface area contributed by atoms with Crippen LogP contribution in [0.5, 0.6) is 0 Å². The summed E-state index contributed by atoms with van der Waals surface area (Å²) < 4.78 is 20.4. The summed E-state index contributed by atoms with van der Waals surface area (Å²) in [6, 6.07) is 15.4. The fourth-order valence-electron chi connectivity index (χ4n) is 2.82. The highest BCUT2D eigenvalue weighted by Crippen LogP contribution is 2.28. The van der Waals surface area contributed by atoms with Crippen molar-refractivity contribution < 1.29 is 18.7 Å². The summed E-state index contributed by atoms with van der Waals surface area (Å²) in [7, 11) is 0. The summed E-state index contributed by atoms with van der Waals surface area (Å²) >= 11 is 1.15. The van der Waals surface area contributed by atoms with Gasteiger partial charge in [-0.15, -0.1) is 10.2 Å². The monoisotopic (exact) mass is 456 g/mol. The van der Waals surface area contributed by atoms with Gasteiger partial charge in [-0.05, 0) is 49.2 Å². The second-order valence-corrected chi connectivity index (χ2v) is 8.49. The van der Waals surface area contributed by atoms with Crippen molar-refractivity contribution in [3.63, 3.8) is 0 Å². The molecule has 1 heterocycles. The Morgan fingerprint density at radius 1 is 1.06 bits per heavy atom. The number of aromatic nitrogens is 3. The molecule has 0 saturated heterocycles. The summed E-state index contributed by atoms with van der Waals surface area (Å²) in [4.78, 5) is 24.3. The van der Waals surface area contributed by atoms with Crippen molar-refractivity contribution in [2.75, 3.05) is 12.3 Å². The zero-order chi connectivity index (χ0) is 23.1. The molecule has 0 radical (unpaired) electrons. The third-order valence-electron chi connectivity index (χ3n) is 4.43. The molecule has 1 unspecified atom stereocenters. The first kappa shape index (κ1) is 23.5. The molecule has 7 nitrogen and oxygen atoms in total. The van der Waals surface area contributed by atoms with E-state index in [2.05, 4.69) is 15.5 Å². The quantitative estimate of drug-likeness (QED) is 0.389. The van der Waals surface area contributed by atoms with E-state index in [1.54, 1.807) is 16.7 Å². The van der Waals surface area contributed by atoms with E-state index in [1.165, 1.54) is 19.1 Å². The van der Waals surface area contributed by atoms with Crippen LogP contribution < -0.4 is 5.32 Å². The number of hydrogen-bond acceptors (Lipinski definition) is 6. The number of carbonyl (C=O) groups is 2. The first-order chi connectivity index (χ1) is 15.3. The van der Waals surface area contributed by atoms with E-state index >= 15 is 0 Å². The maximum Gasteiger partial charge on any atom is 0.317 e. The van der Waals surface area contributed by atoms with Crippen molar-refractivity contribution in [2.45, 2.75) is 32.0 Å². The van der Waals surface area contributed by atoms with E-state index in [0.717, 1.165) is 17.4 Å². The van der Waals surface area contributed by atoms with E-state index in [-0.39, 0.29) is 17.5 Å². The lowest BCUT2D eigenvalue weighted by Gasteiger charge is -2.14. The minimum absolute atomic E-state index is 0.0455. The van der Waals surface area contributed by atoms with Crippen LogP contribution in [0.4, 0.5) is 4.39 Å². The number of rotatable bonds is 9. The number of halogens is 1. The van der Waals surface area contributed by atoms with Gasteiger partial charge in [0, 0.05) is 17.8 Å². The van der Waals surface area contributed by atoms with Crippen LogP contribution in [0.15, 0.2) is 59.8 Å². The maximum atomic E-state index is 13.4. The lowest BCUT2D eigenvalue weighted by atomic mass is 10.2. The van der Waals surface area contributed by atoms with Crippen molar-refractivity contribution in [1.29, 1.82) is 0 Å². The fourth-order valence-corrected chi connectivity index (χ4v) is 3.55. The van der Waals surface area contributed by atoms with E-state index in [1.807, 2.05) is 44.2 Å². The minimum Gasteiger partial charge on any atom is -0.452 e. The van der Waals surface area contributed by atoms with Crippen molar-refractivity contribution in [2.24, 2.45) is 5.92 Å². The average Bonchev–Trinajstić information content (AvgIpc) is 3.21. The average molecular weight is 457 g/mol. The fraction of sp³-hybridized carbons (Fsp3) is 0.304. The zero-order valence-electron chi connectivity index (χ0n) is 18.1. The van der Waals surface area contributed by atoms with Gasteiger partial charge in [0.15, 0.2) is 17.1 Å². The van der Waals surface area contributed by atoms with Gasteiger partial charge in [-0.1, -0.05) is 43.8 Å². The van der Waals surface area contributed by atoms with Crippen LogP contribution in [0.3, 0.4) is 0 Å². The summed E-state index contributed by atoms with van der Waals surface area (Å²) in [5, 5.41) is 11.7. The van der Waals surface area contributed by atoms with Crippen LogP contribution in [-0.2, 0) is 14.3 Å². The molecule has 0 spiro atoms. The molecule has 1 atom stereocenters. The molecule has 0 bridgehead atoms. The highest BCUT2D eigenvalue weighted by molar-refractivity contribution is 7.99. The van der Waals surface area contributed by atoms with Gasteiger partial charge < -0.3 is 10.1 Å². The number of ether oxygens (including phenoxy) is 1. The number of para-hydroxylation sites is 1. The molecule has 0 aliphatic carbocycles. The molecule has 1 N–H and O–H groups in total. The minimum atomic E-state index is -0.886. The lowest BCUT2D eigenvalue weighted by molar-refractivity contribution is -0.152. The standard InChI is InChI=1S/C23H25FN4O3S/c1-15(2)13-25-22(30)16(3)31-20(29)14-32-23-27-26-21(17-9-11-18(24)12-10-17)28(23)19-7-5-4-6-8-19/h4-12,15-16H,13-14H2,1-3H3,(H,25,30). The molecule has 1 amide bonds. The van der Waals surface area contributed by atoms with Gasteiger partial charge >= 0.3 is 5.97 Å². The van der Waals surface area contributed by atoms with Crippen LogP contribution >= 0.6 is 11.8 Å². The van der Waals surface area contributed by atoms with Crippen LogP contribution in [-0.4, -0.2) is 45.0 Å². The Bertz CT molecular complexity index is 1050. The van der Waals surface area contributed by atoms with Gasteiger partial charge in [-0.2, -0.15) is 0 Å². The molecule has 3 rings (SSSR count). The number of nitrogens with one attached hydrogen (secondary N) is 1. The molecule has 0 fully saturated rings. The SMILES string of the molecule is CC(C)CNC(=O)C(C)OC(=O)CSc1nnc(-c2ccc(F)cc2)n1-c1ccccc1. The van der Waals surface area contributed by atoms with Gasteiger partial charge in [-0.3, -0.25) is 14.2 Å². The van der Waals surface area contributed by atoms with Crippen LogP contribution in [0.25, 0.3) is 17.1 Å². The normalized spacial score (nSPS) is 11.9. The van der Waals surface area contributed by atoms with E-state index in [4.69, 9.17) is 4.74 Å². The first-order valence-electron chi connectivity index (χ1n) is 10.2. The van der Waals surface area contributed by atoms with Crippen molar-refractivity contribution in [3.8, 4) is 17.1 Å². The maximum absolute atomic E-state index is 13.4. The number of amides is 1. The van der Waals surface area contributed by atoms with Crippen molar-refractivity contribution in [1.82, 2.24) is 20.1 Å². The number of benzene rings is 2. The Kier molecular flexibility index (Phi) is 7.99. The number of carbonyl (C=O) groups excluding carboxylic acids is 2. The second-order valence-electron chi connectivity index (χ2n) is 7.54. The predicted molar refractivity (Wildman–Crippen MR) is 121 cm³/mol. The Labute approximate surface area is 190 Å². The molecule has 1 aromatic heterocycles. The first-order valence-corrected chi connectivity index (χ1v) is 11.2. The van der Waals surface area contributed by atoms with Gasteiger partial charge in [0.05, 0.1) is 5.75 Å². The number of nitrogens with zero attached hydrogens (tertiary/aromatic N) is 3. The Morgan fingerprint density at radius 2 is 1.75 bits per heavy atom. The summed E-state index contributed by atoms with van der Waals surface area (Å²) in [6.45, 7) is 6.02. The van der Waals surface area contributed by atoms with Crippen LogP contribution in [0.2, 0.25) is 0 Å². The molecule has 2 aromatic carbocycles. The Balaban J connectivity index is 1.73. The van der Waals surface area contributed by atoms with Gasteiger partial charge in [0.2, 0.25) is 0 Å².